The van der Waals surface area contributed by atoms with Gasteiger partial charge >= 0.3 is 5.97 Å². The number of anilines is 1. The van der Waals surface area contributed by atoms with E-state index in [0.717, 1.165) is 31.7 Å². The molecule has 5 nitrogen and oxygen atoms in total. The Morgan fingerprint density at radius 2 is 2.00 bits per heavy atom. The van der Waals surface area contributed by atoms with E-state index in [-0.39, 0.29) is 11.0 Å². The average Bonchev–Trinajstić information content (AvgIpc) is 2.38. The lowest BCUT2D eigenvalue weighted by molar-refractivity contribution is 0.0696. The largest absolute Gasteiger partial charge is 0.478 e. The summed E-state index contributed by atoms with van der Waals surface area (Å²) in [5, 5.41) is 12.6. The van der Waals surface area contributed by atoms with Crippen molar-refractivity contribution in [1.29, 1.82) is 0 Å². The SMILES string of the molecule is CC(C)(C)c1cc(C(=O)O)cc(NC2CCOCC2)n1. The molecule has 1 aliphatic rings. The monoisotopic (exact) mass is 278 g/mol. The number of carboxylic acids is 1. The molecule has 20 heavy (non-hydrogen) atoms. The average molecular weight is 278 g/mol. The molecule has 2 N–H and O–H groups in total. The molecule has 0 unspecified atom stereocenters. The number of hydrogen-bond acceptors (Lipinski definition) is 4. The van der Waals surface area contributed by atoms with Crippen molar-refractivity contribution in [2.75, 3.05) is 18.5 Å². The lowest BCUT2D eigenvalue weighted by Gasteiger charge is -2.25. The highest BCUT2D eigenvalue weighted by Crippen LogP contribution is 2.24. The molecule has 0 saturated carbocycles. The van der Waals surface area contributed by atoms with Crippen LogP contribution in [0.1, 0.15) is 49.7 Å². The number of aromatic carboxylic acids is 1. The Morgan fingerprint density at radius 1 is 1.35 bits per heavy atom. The van der Waals surface area contributed by atoms with Crippen LogP contribution in [0.4, 0.5) is 5.82 Å². The minimum atomic E-state index is -0.923. The Kier molecular flexibility index (Phi) is 4.28. The molecule has 1 saturated heterocycles. The number of aromatic nitrogens is 1. The Balaban J connectivity index is 2.26. The van der Waals surface area contributed by atoms with Gasteiger partial charge in [0.2, 0.25) is 0 Å². The standard InChI is InChI=1S/C15H22N2O3/c1-15(2,3)12-8-10(14(18)19)9-13(17-12)16-11-4-6-20-7-5-11/h8-9,11H,4-7H2,1-3H3,(H,16,17)(H,18,19). The molecule has 0 radical (unpaired) electrons. The fraction of sp³-hybridized carbons (Fsp3) is 0.600. The molecule has 5 heteroatoms. The van der Waals surface area contributed by atoms with Gasteiger partial charge < -0.3 is 15.2 Å². The van der Waals surface area contributed by atoms with Gasteiger partial charge in [0.15, 0.2) is 0 Å². The van der Waals surface area contributed by atoms with Crippen molar-refractivity contribution >= 4 is 11.8 Å². The molecule has 1 aliphatic heterocycles. The minimum Gasteiger partial charge on any atom is -0.478 e. The van der Waals surface area contributed by atoms with Gasteiger partial charge in [-0.15, -0.1) is 0 Å². The van der Waals surface area contributed by atoms with Crippen LogP contribution in [0, 0.1) is 0 Å². The fourth-order valence-electron chi connectivity index (χ4n) is 2.16. The predicted molar refractivity (Wildman–Crippen MR) is 77.4 cm³/mol. The zero-order valence-electron chi connectivity index (χ0n) is 12.3. The quantitative estimate of drug-likeness (QED) is 0.889. The van der Waals surface area contributed by atoms with Crippen molar-refractivity contribution in [1.82, 2.24) is 4.98 Å². The van der Waals surface area contributed by atoms with Crippen molar-refractivity contribution in [3.8, 4) is 0 Å². The molecule has 0 amide bonds. The first-order chi connectivity index (χ1) is 9.36. The maximum absolute atomic E-state index is 11.2. The summed E-state index contributed by atoms with van der Waals surface area (Å²) in [6, 6.07) is 3.55. The molecule has 0 atom stereocenters. The van der Waals surface area contributed by atoms with Crippen LogP contribution in [0.5, 0.6) is 0 Å². The topological polar surface area (TPSA) is 71.5 Å². The summed E-state index contributed by atoms with van der Waals surface area (Å²) in [7, 11) is 0. The van der Waals surface area contributed by atoms with Crippen LogP contribution in [0.15, 0.2) is 12.1 Å². The number of rotatable bonds is 3. The van der Waals surface area contributed by atoms with E-state index in [9.17, 15) is 9.90 Å². The first-order valence-electron chi connectivity index (χ1n) is 6.96. The Bertz CT molecular complexity index is 488. The Labute approximate surface area is 119 Å². The highest BCUT2D eigenvalue weighted by Gasteiger charge is 2.20. The summed E-state index contributed by atoms with van der Waals surface area (Å²) >= 11 is 0. The lowest BCUT2D eigenvalue weighted by Crippen LogP contribution is -2.29. The van der Waals surface area contributed by atoms with E-state index in [1.807, 2.05) is 20.8 Å². The minimum absolute atomic E-state index is 0.183. The fourth-order valence-corrected chi connectivity index (χ4v) is 2.16. The van der Waals surface area contributed by atoms with Crippen LogP contribution in [0.3, 0.4) is 0 Å². The molecule has 0 spiro atoms. The lowest BCUT2D eigenvalue weighted by atomic mass is 9.90. The molecule has 2 rings (SSSR count). The van der Waals surface area contributed by atoms with Crippen LogP contribution in [0.2, 0.25) is 0 Å². The summed E-state index contributed by atoms with van der Waals surface area (Å²) in [4.78, 5) is 15.8. The second-order valence-corrected chi connectivity index (χ2v) is 6.21. The molecule has 2 heterocycles. The van der Waals surface area contributed by atoms with E-state index in [4.69, 9.17) is 4.74 Å². The molecule has 0 aliphatic carbocycles. The number of pyridine rings is 1. The van der Waals surface area contributed by atoms with E-state index >= 15 is 0 Å². The third kappa shape index (κ3) is 3.70. The second kappa shape index (κ2) is 5.79. The molecule has 1 fully saturated rings. The van der Waals surface area contributed by atoms with Gasteiger partial charge in [-0.05, 0) is 25.0 Å². The van der Waals surface area contributed by atoms with Crippen molar-refractivity contribution in [2.24, 2.45) is 0 Å². The smallest absolute Gasteiger partial charge is 0.335 e. The molecule has 1 aromatic rings. The number of carbonyl (C=O) groups is 1. The molecule has 0 bridgehead atoms. The summed E-state index contributed by atoms with van der Waals surface area (Å²) in [5.74, 6) is -0.283. The summed E-state index contributed by atoms with van der Waals surface area (Å²) < 4.78 is 5.32. The zero-order chi connectivity index (χ0) is 14.8. The van der Waals surface area contributed by atoms with Crippen LogP contribution >= 0.6 is 0 Å². The van der Waals surface area contributed by atoms with E-state index < -0.39 is 5.97 Å². The third-order valence-corrected chi connectivity index (χ3v) is 3.41. The number of nitrogens with one attached hydrogen (secondary N) is 1. The molecule has 0 aromatic carbocycles. The van der Waals surface area contributed by atoms with Gasteiger partial charge in [0, 0.05) is 30.4 Å². The summed E-state index contributed by atoms with van der Waals surface area (Å²) in [6.07, 6.45) is 1.84. The molecule has 1 aromatic heterocycles. The van der Waals surface area contributed by atoms with E-state index in [1.54, 1.807) is 12.1 Å². The first kappa shape index (κ1) is 14.8. The van der Waals surface area contributed by atoms with Gasteiger partial charge in [0.05, 0.1) is 5.56 Å². The highest BCUT2D eigenvalue weighted by atomic mass is 16.5. The van der Waals surface area contributed by atoms with Gasteiger partial charge in [-0.25, -0.2) is 9.78 Å². The maximum atomic E-state index is 11.2. The Morgan fingerprint density at radius 3 is 2.55 bits per heavy atom. The van der Waals surface area contributed by atoms with Gasteiger partial charge in [-0.2, -0.15) is 0 Å². The Hall–Kier alpha value is -1.62. The van der Waals surface area contributed by atoms with Crippen molar-refractivity contribution in [3.63, 3.8) is 0 Å². The molecular weight excluding hydrogens is 256 g/mol. The van der Waals surface area contributed by atoms with Gasteiger partial charge in [0.25, 0.3) is 0 Å². The zero-order valence-corrected chi connectivity index (χ0v) is 12.3. The van der Waals surface area contributed by atoms with E-state index in [1.165, 1.54) is 0 Å². The van der Waals surface area contributed by atoms with Crippen LogP contribution < -0.4 is 5.32 Å². The number of nitrogens with zero attached hydrogens (tertiary/aromatic N) is 1. The predicted octanol–water partition coefficient (Wildman–Crippen LogP) is 2.67. The second-order valence-electron chi connectivity index (χ2n) is 6.21. The van der Waals surface area contributed by atoms with Gasteiger partial charge in [-0.3, -0.25) is 0 Å². The summed E-state index contributed by atoms with van der Waals surface area (Å²) in [6.45, 7) is 7.56. The number of ether oxygens (including phenoxy) is 1. The molecule has 110 valence electrons. The van der Waals surface area contributed by atoms with Gasteiger partial charge in [0.1, 0.15) is 5.82 Å². The van der Waals surface area contributed by atoms with E-state index in [2.05, 4.69) is 10.3 Å². The first-order valence-corrected chi connectivity index (χ1v) is 6.96. The normalized spacial score (nSPS) is 16.9. The highest BCUT2D eigenvalue weighted by molar-refractivity contribution is 5.88. The van der Waals surface area contributed by atoms with Crippen LogP contribution in [0.25, 0.3) is 0 Å². The third-order valence-electron chi connectivity index (χ3n) is 3.41. The van der Waals surface area contributed by atoms with Gasteiger partial charge in [-0.1, -0.05) is 20.8 Å². The number of carboxylic acid groups (broad SMARTS) is 1. The van der Waals surface area contributed by atoms with E-state index in [0.29, 0.717) is 11.9 Å². The molecular formula is C15H22N2O3. The maximum Gasteiger partial charge on any atom is 0.335 e. The van der Waals surface area contributed by atoms with Crippen molar-refractivity contribution < 1.29 is 14.6 Å². The summed E-state index contributed by atoms with van der Waals surface area (Å²) in [5.41, 5.74) is 0.879. The van der Waals surface area contributed by atoms with Crippen LogP contribution in [-0.2, 0) is 10.2 Å². The van der Waals surface area contributed by atoms with Crippen molar-refractivity contribution in [2.45, 2.75) is 45.1 Å². The van der Waals surface area contributed by atoms with Crippen molar-refractivity contribution in [3.05, 3.63) is 23.4 Å². The van der Waals surface area contributed by atoms with Crippen LogP contribution in [-0.4, -0.2) is 35.3 Å². The number of hydrogen-bond donors (Lipinski definition) is 2.